The summed E-state index contributed by atoms with van der Waals surface area (Å²) < 4.78 is 0. The minimum atomic E-state index is -0.339. The van der Waals surface area contributed by atoms with Crippen LogP contribution in [-0.4, -0.2) is 10.9 Å². The number of rotatable bonds is 3. The average Bonchev–Trinajstić information content (AvgIpc) is 2.24. The molecular weight excluding hydrogens is 200 g/mol. The van der Waals surface area contributed by atoms with Crippen LogP contribution in [0.25, 0.3) is 0 Å². The van der Waals surface area contributed by atoms with Crippen molar-refractivity contribution in [2.75, 3.05) is 0 Å². The fourth-order valence-electron chi connectivity index (χ4n) is 1.40. The minimum Gasteiger partial charge on any atom is -0.352 e. The zero-order chi connectivity index (χ0) is 12.2. The van der Waals surface area contributed by atoms with E-state index in [4.69, 9.17) is 0 Å². The molecule has 0 atom stereocenters. The summed E-state index contributed by atoms with van der Waals surface area (Å²) in [5.41, 5.74) is 2.00. The van der Waals surface area contributed by atoms with Crippen LogP contribution in [0, 0.1) is 5.41 Å². The van der Waals surface area contributed by atoms with E-state index in [1.54, 1.807) is 6.20 Å². The number of amides is 1. The summed E-state index contributed by atoms with van der Waals surface area (Å²) in [7, 11) is 0. The van der Waals surface area contributed by atoms with Crippen LogP contribution < -0.4 is 5.32 Å². The van der Waals surface area contributed by atoms with Crippen LogP contribution in [0.5, 0.6) is 0 Å². The number of nitrogens with zero attached hydrogens (tertiary/aromatic N) is 1. The number of pyridine rings is 1. The van der Waals surface area contributed by atoms with Gasteiger partial charge in [0.15, 0.2) is 0 Å². The molecule has 0 aliphatic rings. The molecule has 1 heterocycles. The van der Waals surface area contributed by atoms with Crippen LogP contribution >= 0.6 is 0 Å². The van der Waals surface area contributed by atoms with Crippen molar-refractivity contribution in [3.63, 3.8) is 0 Å². The monoisotopic (exact) mass is 220 g/mol. The van der Waals surface area contributed by atoms with Crippen molar-refractivity contribution in [2.45, 2.75) is 40.7 Å². The average molecular weight is 220 g/mol. The second-order valence-electron chi connectivity index (χ2n) is 4.93. The van der Waals surface area contributed by atoms with Crippen LogP contribution in [0.15, 0.2) is 18.5 Å². The van der Waals surface area contributed by atoms with Crippen LogP contribution in [0.3, 0.4) is 0 Å². The molecule has 1 N–H and O–H groups in total. The Hall–Kier alpha value is -1.38. The molecule has 3 nitrogen and oxygen atoms in total. The van der Waals surface area contributed by atoms with Crippen molar-refractivity contribution in [3.05, 3.63) is 29.6 Å². The molecule has 0 bridgehead atoms. The first kappa shape index (κ1) is 12.7. The molecule has 0 saturated carbocycles. The Labute approximate surface area is 97.3 Å². The fourth-order valence-corrected chi connectivity index (χ4v) is 1.40. The predicted molar refractivity (Wildman–Crippen MR) is 64.9 cm³/mol. The van der Waals surface area contributed by atoms with E-state index in [0.717, 1.165) is 12.0 Å². The van der Waals surface area contributed by atoms with Gasteiger partial charge in [-0.05, 0) is 23.6 Å². The van der Waals surface area contributed by atoms with E-state index < -0.39 is 0 Å². The van der Waals surface area contributed by atoms with E-state index in [1.165, 1.54) is 5.56 Å². The lowest BCUT2D eigenvalue weighted by molar-refractivity contribution is -0.128. The summed E-state index contributed by atoms with van der Waals surface area (Å²) >= 11 is 0. The summed E-state index contributed by atoms with van der Waals surface area (Å²) in [5.74, 6) is 0.0680. The molecular formula is C13H20N2O. The molecule has 0 aliphatic heterocycles. The number of hydrogen-bond acceptors (Lipinski definition) is 2. The first-order valence-electron chi connectivity index (χ1n) is 5.65. The molecule has 1 amide bonds. The van der Waals surface area contributed by atoms with Gasteiger partial charge in [-0.25, -0.2) is 0 Å². The zero-order valence-corrected chi connectivity index (χ0v) is 10.5. The zero-order valence-electron chi connectivity index (χ0n) is 10.5. The summed E-state index contributed by atoms with van der Waals surface area (Å²) in [6, 6.07) is 2.00. The van der Waals surface area contributed by atoms with Gasteiger partial charge in [-0.3, -0.25) is 9.78 Å². The third kappa shape index (κ3) is 3.33. The molecule has 3 heteroatoms. The number of carbonyl (C=O) groups excluding carboxylic acids is 1. The highest BCUT2D eigenvalue weighted by Gasteiger charge is 2.20. The van der Waals surface area contributed by atoms with Gasteiger partial charge in [-0.2, -0.15) is 0 Å². The predicted octanol–water partition coefficient (Wildman–Crippen LogP) is 2.31. The molecule has 1 aromatic rings. The lowest BCUT2D eigenvalue weighted by atomic mass is 9.95. The van der Waals surface area contributed by atoms with E-state index in [0.29, 0.717) is 6.54 Å². The standard InChI is InChI=1S/C13H20N2O/c1-5-10-6-7-14-8-11(10)9-15-12(16)13(2,3)4/h6-8H,5,9H2,1-4H3,(H,15,16). The Morgan fingerprint density at radius 3 is 2.62 bits per heavy atom. The Balaban J connectivity index is 2.65. The largest absolute Gasteiger partial charge is 0.352 e. The van der Waals surface area contributed by atoms with Gasteiger partial charge in [0.1, 0.15) is 0 Å². The van der Waals surface area contributed by atoms with E-state index in [2.05, 4.69) is 17.2 Å². The Bertz CT molecular complexity index is 366. The quantitative estimate of drug-likeness (QED) is 0.849. The van der Waals surface area contributed by atoms with Gasteiger partial charge in [-0.1, -0.05) is 27.7 Å². The molecule has 16 heavy (non-hydrogen) atoms. The van der Waals surface area contributed by atoms with Gasteiger partial charge in [-0.15, -0.1) is 0 Å². The Morgan fingerprint density at radius 1 is 1.38 bits per heavy atom. The second kappa shape index (κ2) is 5.10. The minimum absolute atomic E-state index is 0.0680. The summed E-state index contributed by atoms with van der Waals surface area (Å²) in [5, 5.41) is 2.93. The molecule has 0 saturated heterocycles. The third-order valence-corrected chi connectivity index (χ3v) is 2.51. The number of nitrogens with one attached hydrogen (secondary N) is 1. The van der Waals surface area contributed by atoms with Gasteiger partial charge in [0.05, 0.1) is 0 Å². The van der Waals surface area contributed by atoms with Gasteiger partial charge >= 0.3 is 0 Å². The number of hydrogen-bond donors (Lipinski definition) is 1. The van der Waals surface area contributed by atoms with Gasteiger partial charge < -0.3 is 5.32 Å². The molecule has 0 radical (unpaired) electrons. The van der Waals surface area contributed by atoms with Gasteiger partial charge in [0.2, 0.25) is 5.91 Å². The second-order valence-corrected chi connectivity index (χ2v) is 4.93. The highest BCUT2D eigenvalue weighted by molar-refractivity contribution is 5.81. The number of carbonyl (C=O) groups is 1. The summed E-state index contributed by atoms with van der Waals surface area (Å²) in [4.78, 5) is 15.8. The smallest absolute Gasteiger partial charge is 0.225 e. The van der Waals surface area contributed by atoms with E-state index in [1.807, 2.05) is 33.0 Å². The first-order chi connectivity index (χ1) is 7.45. The normalized spacial score (nSPS) is 11.2. The molecule has 0 aromatic carbocycles. The Kier molecular flexibility index (Phi) is 4.05. The maximum Gasteiger partial charge on any atom is 0.225 e. The van der Waals surface area contributed by atoms with Crippen LogP contribution in [0.1, 0.15) is 38.8 Å². The van der Waals surface area contributed by atoms with Gasteiger partial charge in [0, 0.05) is 24.4 Å². The number of aromatic nitrogens is 1. The summed E-state index contributed by atoms with van der Waals surface area (Å²) in [6.45, 7) is 8.39. The fraction of sp³-hybridized carbons (Fsp3) is 0.538. The Morgan fingerprint density at radius 2 is 2.06 bits per heavy atom. The SMILES string of the molecule is CCc1ccncc1CNC(=O)C(C)(C)C. The van der Waals surface area contributed by atoms with E-state index in [-0.39, 0.29) is 11.3 Å². The molecule has 0 unspecified atom stereocenters. The highest BCUT2D eigenvalue weighted by atomic mass is 16.2. The van der Waals surface area contributed by atoms with Crippen LogP contribution in [0.2, 0.25) is 0 Å². The molecule has 1 rings (SSSR count). The molecule has 1 aromatic heterocycles. The topological polar surface area (TPSA) is 42.0 Å². The first-order valence-corrected chi connectivity index (χ1v) is 5.65. The molecule has 0 spiro atoms. The van der Waals surface area contributed by atoms with Crippen LogP contribution in [-0.2, 0) is 17.8 Å². The highest BCUT2D eigenvalue weighted by Crippen LogP contribution is 2.13. The van der Waals surface area contributed by atoms with Crippen molar-refractivity contribution in [1.29, 1.82) is 0 Å². The maximum absolute atomic E-state index is 11.7. The molecule has 0 fully saturated rings. The van der Waals surface area contributed by atoms with Crippen molar-refractivity contribution in [2.24, 2.45) is 5.41 Å². The lowest BCUT2D eigenvalue weighted by Gasteiger charge is -2.18. The maximum atomic E-state index is 11.7. The van der Waals surface area contributed by atoms with Crippen molar-refractivity contribution >= 4 is 5.91 Å². The third-order valence-electron chi connectivity index (χ3n) is 2.51. The lowest BCUT2D eigenvalue weighted by Crippen LogP contribution is -2.34. The molecule has 88 valence electrons. The summed E-state index contributed by atoms with van der Waals surface area (Å²) in [6.07, 6.45) is 4.57. The van der Waals surface area contributed by atoms with Crippen molar-refractivity contribution in [1.82, 2.24) is 10.3 Å². The van der Waals surface area contributed by atoms with Crippen molar-refractivity contribution < 1.29 is 4.79 Å². The van der Waals surface area contributed by atoms with E-state index >= 15 is 0 Å². The van der Waals surface area contributed by atoms with Crippen LogP contribution in [0.4, 0.5) is 0 Å². The number of aryl methyl sites for hydroxylation is 1. The molecule has 0 aliphatic carbocycles. The van der Waals surface area contributed by atoms with E-state index in [9.17, 15) is 4.79 Å². The van der Waals surface area contributed by atoms with Crippen molar-refractivity contribution in [3.8, 4) is 0 Å². The van der Waals surface area contributed by atoms with Gasteiger partial charge in [0.25, 0.3) is 0 Å².